The predicted molar refractivity (Wildman–Crippen MR) is 75.1 cm³/mol. The SMILES string of the molecule is CCC1CCCC(CN)(C(O)c2ccc(F)cc2F)C1. The molecule has 1 fully saturated rings. The van der Waals surface area contributed by atoms with Crippen molar-refractivity contribution < 1.29 is 13.9 Å². The fourth-order valence-electron chi connectivity index (χ4n) is 3.47. The van der Waals surface area contributed by atoms with Gasteiger partial charge >= 0.3 is 0 Å². The first kappa shape index (κ1) is 15.4. The summed E-state index contributed by atoms with van der Waals surface area (Å²) in [6.07, 6.45) is 3.80. The molecular weight excluding hydrogens is 260 g/mol. The van der Waals surface area contributed by atoms with Crippen molar-refractivity contribution in [2.75, 3.05) is 6.54 Å². The van der Waals surface area contributed by atoms with Crippen molar-refractivity contribution in [2.45, 2.75) is 45.1 Å². The average molecular weight is 283 g/mol. The second kappa shape index (κ2) is 6.19. The summed E-state index contributed by atoms with van der Waals surface area (Å²) >= 11 is 0. The first-order chi connectivity index (χ1) is 9.52. The van der Waals surface area contributed by atoms with E-state index in [4.69, 9.17) is 5.73 Å². The van der Waals surface area contributed by atoms with E-state index >= 15 is 0 Å². The maximum Gasteiger partial charge on any atom is 0.131 e. The predicted octanol–water partition coefficient (Wildman–Crippen LogP) is 3.54. The lowest BCUT2D eigenvalue weighted by atomic mass is 9.64. The first-order valence-corrected chi connectivity index (χ1v) is 7.35. The maximum atomic E-state index is 13.9. The molecule has 0 aliphatic heterocycles. The summed E-state index contributed by atoms with van der Waals surface area (Å²) in [4.78, 5) is 0. The summed E-state index contributed by atoms with van der Waals surface area (Å²) in [6, 6.07) is 3.34. The summed E-state index contributed by atoms with van der Waals surface area (Å²) in [5, 5.41) is 10.6. The van der Waals surface area contributed by atoms with Crippen LogP contribution >= 0.6 is 0 Å². The average Bonchev–Trinajstić information content (AvgIpc) is 2.46. The molecule has 3 N–H and O–H groups in total. The largest absolute Gasteiger partial charge is 0.388 e. The quantitative estimate of drug-likeness (QED) is 0.887. The minimum atomic E-state index is -0.970. The zero-order chi connectivity index (χ0) is 14.8. The van der Waals surface area contributed by atoms with Crippen molar-refractivity contribution >= 4 is 0 Å². The normalized spacial score (nSPS) is 28.4. The van der Waals surface area contributed by atoms with Crippen LogP contribution in [0.4, 0.5) is 8.78 Å². The highest BCUT2D eigenvalue weighted by molar-refractivity contribution is 5.23. The molecule has 0 spiro atoms. The molecule has 4 heteroatoms. The number of aliphatic hydroxyl groups excluding tert-OH is 1. The van der Waals surface area contributed by atoms with Crippen LogP contribution in [0.5, 0.6) is 0 Å². The molecule has 1 aromatic rings. The molecule has 20 heavy (non-hydrogen) atoms. The number of aliphatic hydroxyl groups is 1. The Bertz CT molecular complexity index is 466. The van der Waals surface area contributed by atoms with Gasteiger partial charge in [0, 0.05) is 23.6 Å². The highest BCUT2D eigenvalue weighted by Crippen LogP contribution is 2.48. The van der Waals surface area contributed by atoms with Gasteiger partial charge in [-0.3, -0.25) is 0 Å². The van der Waals surface area contributed by atoms with E-state index in [0.717, 1.165) is 38.2 Å². The third-order valence-corrected chi connectivity index (χ3v) is 4.80. The van der Waals surface area contributed by atoms with Crippen LogP contribution in [0.1, 0.15) is 50.7 Å². The number of halogens is 2. The number of nitrogens with two attached hydrogens (primary N) is 1. The van der Waals surface area contributed by atoms with Gasteiger partial charge in [-0.05, 0) is 24.8 Å². The molecule has 0 amide bonds. The Morgan fingerprint density at radius 3 is 2.80 bits per heavy atom. The van der Waals surface area contributed by atoms with Gasteiger partial charge in [0.05, 0.1) is 6.10 Å². The van der Waals surface area contributed by atoms with Crippen LogP contribution in [0.3, 0.4) is 0 Å². The first-order valence-electron chi connectivity index (χ1n) is 7.35. The lowest BCUT2D eigenvalue weighted by molar-refractivity contribution is -0.0182. The van der Waals surface area contributed by atoms with Gasteiger partial charge in [-0.1, -0.05) is 32.3 Å². The molecule has 0 saturated heterocycles. The molecule has 0 radical (unpaired) electrons. The Morgan fingerprint density at radius 2 is 2.20 bits per heavy atom. The Labute approximate surface area is 119 Å². The van der Waals surface area contributed by atoms with E-state index in [-0.39, 0.29) is 5.56 Å². The van der Waals surface area contributed by atoms with Gasteiger partial charge in [0.2, 0.25) is 0 Å². The van der Waals surface area contributed by atoms with E-state index in [9.17, 15) is 13.9 Å². The molecule has 3 unspecified atom stereocenters. The van der Waals surface area contributed by atoms with Crippen molar-refractivity contribution in [3.63, 3.8) is 0 Å². The topological polar surface area (TPSA) is 46.2 Å². The van der Waals surface area contributed by atoms with E-state index in [0.29, 0.717) is 12.5 Å². The standard InChI is InChI=1S/C16H23F2NO/c1-2-11-4-3-7-16(9-11,10-19)15(20)13-6-5-12(17)8-14(13)18/h5-6,8,11,15,20H,2-4,7,9-10,19H2,1H3. The summed E-state index contributed by atoms with van der Waals surface area (Å²) in [5.41, 5.74) is 5.59. The molecule has 3 atom stereocenters. The number of hydrogen-bond donors (Lipinski definition) is 2. The molecule has 112 valence electrons. The van der Waals surface area contributed by atoms with Crippen molar-refractivity contribution in [1.82, 2.24) is 0 Å². The van der Waals surface area contributed by atoms with Gasteiger partial charge in [-0.2, -0.15) is 0 Å². The Balaban J connectivity index is 2.30. The summed E-state index contributed by atoms with van der Waals surface area (Å²) in [5.74, 6) is -0.801. The summed E-state index contributed by atoms with van der Waals surface area (Å²) in [7, 11) is 0. The van der Waals surface area contributed by atoms with Gasteiger partial charge in [-0.25, -0.2) is 8.78 Å². The van der Waals surface area contributed by atoms with Crippen molar-refractivity contribution in [3.8, 4) is 0 Å². The number of hydrogen-bond acceptors (Lipinski definition) is 2. The number of rotatable bonds is 4. The summed E-state index contributed by atoms with van der Waals surface area (Å²) < 4.78 is 26.9. The van der Waals surface area contributed by atoms with Crippen LogP contribution < -0.4 is 5.73 Å². The smallest absolute Gasteiger partial charge is 0.131 e. The fourth-order valence-corrected chi connectivity index (χ4v) is 3.47. The monoisotopic (exact) mass is 283 g/mol. The molecular formula is C16H23F2NO. The lowest BCUT2D eigenvalue weighted by Crippen LogP contribution is -2.41. The van der Waals surface area contributed by atoms with Crippen LogP contribution in [0.2, 0.25) is 0 Å². The minimum absolute atomic E-state index is 0.161. The molecule has 0 heterocycles. The molecule has 0 bridgehead atoms. The molecule has 1 aliphatic carbocycles. The van der Waals surface area contributed by atoms with Crippen LogP contribution in [0.15, 0.2) is 18.2 Å². The van der Waals surface area contributed by atoms with Gasteiger partial charge < -0.3 is 10.8 Å². The molecule has 0 aromatic heterocycles. The third-order valence-electron chi connectivity index (χ3n) is 4.80. The second-order valence-corrected chi connectivity index (χ2v) is 6.01. The van der Waals surface area contributed by atoms with Crippen LogP contribution in [-0.4, -0.2) is 11.7 Å². The van der Waals surface area contributed by atoms with Crippen LogP contribution in [0, 0.1) is 23.0 Å². The highest BCUT2D eigenvalue weighted by Gasteiger charge is 2.42. The van der Waals surface area contributed by atoms with Crippen molar-refractivity contribution in [3.05, 3.63) is 35.4 Å². The van der Waals surface area contributed by atoms with Gasteiger partial charge in [0.25, 0.3) is 0 Å². The fraction of sp³-hybridized carbons (Fsp3) is 0.625. The van der Waals surface area contributed by atoms with E-state index in [1.54, 1.807) is 0 Å². The van der Waals surface area contributed by atoms with Crippen molar-refractivity contribution in [1.29, 1.82) is 0 Å². The summed E-state index contributed by atoms with van der Waals surface area (Å²) in [6.45, 7) is 2.45. The lowest BCUT2D eigenvalue weighted by Gasteiger charge is -2.43. The highest BCUT2D eigenvalue weighted by atomic mass is 19.1. The number of benzene rings is 1. The van der Waals surface area contributed by atoms with E-state index < -0.39 is 23.2 Å². The van der Waals surface area contributed by atoms with Crippen LogP contribution in [0.25, 0.3) is 0 Å². The zero-order valence-electron chi connectivity index (χ0n) is 11.9. The van der Waals surface area contributed by atoms with Crippen LogP contribution in [-0.2, 0) is 0 Å². The Morgan fingerprint density at radius 1 is 1.45 bits per heavy atom. The zero-order valence-corrected chi connectivity index (χ0v) is 11.9. The van der Waals surface area contributed by atoms with E-state index in [2.05, 4.69) is 6.92 Å². The molecule has 1 saturated carbocycles. The van der Waals surface area contributed by atoms with E-state index in [1.165, 1.54) is 12.1 Å². The van der Waals surface area contributed by atoms with E-state index in [1.807, 2.05) is 0 Å². The molecule has 1 aliphatic rings. The molecule has 2 nitrogen and oxygen atoms in total. The third kappa shape index (κ3) is 2.86. The molecule has 2 rings (SSSR count). The Kier molecular flexibility index (Phi) is 4.76. The minimum Gasteiger partial charge on any atom is -0.388 e. The van der Waals surface area contributed by atoms with Gasteiger partial charge in [-0.15, -0.1) is 0 Å². The van der Waals surface area contributed by atoms with Crippen molar-refractivity contribution in [2.24, 2.45) is 17.1 Å². The van der Waals surface area contributed by atoms with Gasteiger partial charge in [0.1, 0.15) is 11.6 Å². The van der Waals surface area contributed by atoms with Gasteiger partial charge in [0.15, 0.2) is 0 Å². The maximum absolute atomic E-state index is 13.9. The Hall–Kier alpha value is -1.00. The molecule has 1 aromatic carbocycles. The second-order valence-electron chi connectivity index (χ2n) is 6.01.